The van der Waals surface area contributed by atoms with E-state index in [0.717, 1.165) is 48.8 Å². The maximum absolute atomic E-state index is 5.39. The highest BCUT2D eigenvalue weighted by atomic mass is 127. The van der Waals surface area contributed by atoms with Crippen LogP contribution >= 0.6 is 33.9 Å². The quantitative estimate of drug-likeness (QED) is 0.389. The topological polar surface area (TPSA) is 62.5 Å². The summed E-state index contributed by atoms with van der Waals surface area (Å²) < 4.78 is 6.72. The van der Waals surface area contributed by atoms with Crippen LogP contribution in [0.3, 0.4) is 0 Å². The number of nitrogens with one attached hydrogen (secondary N) is 2. The second-order valence-corrected chi connectivity index (χ2v) is 8.11. The van der Waals surface area contributed by atoms with Gasteiger partial charge in [-0.15, -0.1) is 11.3 Å². The molecule has 0 fully saturated rings. The molecule has 2 aromatic heterocycles. The fourth-order valence-electron chi connectivity index (χ4n) is 2.32. The Morgan fingerprint density at radius 2 is 2.13 bits per heavy atom. The summed E-state index contributed by atoms with van der Waals surface area (Å²) in [5, 5.41) is 10.8. The smallest absolute Gasteiger partial charge is 0.191 e. The first-order valence-electron chi connectivity index (χ1n) is 7.82. The Bertz CT molecular complexity index is 629. The maximum Gasteiger partial charge on any atom is 0.191 e. The van der Waals surface area contributed by atoms with Crippen molar-refractivity contribution in [3.8, 4) is 0 Å². The molecule has 7 heteroatoms. The third-order valence-electron chi connectivity index (χ3n) is 3.56. The molecular formula is C16H23IN4OS. The third-order valence-corrected chi connectivity index (χ3v) is 5.51. The number of nitrogens with zero attached hydrogens (tertiary/aromatic N) is 2. The summed E-state index contributed by atoms with van der Waals surface area (Å²) in [4.78, 5) is 5.67. The molecule has 23 heavy (non-hydrogen) atoms. The van der Waals surface area contributed by atoms with Gasteiger partial charge in [0.25, 0.3) is 0 Å². The second kappa shape index (κ2) is 9.27. The van der Waals surface area contributed by atoms with Crippen molar-refractivity contribution in [2.75, 3.05) is 13.6 Å². The fraction of sp³-hybridized carbons (Fsp3) is 0.500. The molecule has 0 unspecified atom stereocenters. The Balaban J connectivity index is 1.84. The van der Waals surface area contributed by atoms with Crippen LogP contribution in [0.2, 0.25) is 0 Å². The molecule has 2 N–H and O–H groups in total. The number of halogens is 1. The molecule has 2 aromatic rings. The van der Waals surface area contributed by atoms with Gasteiger partial charge in [0.15, 0.2) is 5.96 Å². The molecule has 0 spiro atoms. The monoisotopic (exact) mass is 446 g/mol. The Kier molecular flexibility index (Phi) is 7.35. The van der Waals surface area contributed by atoms with Crippen LogP contribution in [-0.2, 0) is 25.8 Å². The van der Waals surface area contributed by atoms with Gasteiger partial charge in [0, 0.05) is 37.0 Å². The van der Waals surface area contributed by atoms with Crippen molar-refractivity contribution in [3.63, 3.8) is 0 Å². The van der Waals surface area contributed by atoms with Gasteiger partial charge in [0.05, 0.1) is 8.58 Å². The van der Waals surface area contributed by atoms with Crippen molar-refractivity contribution in [1.29, 1.82) is 0 Å². The highest BCUT2D eigenvalue weighted by Crippen LogP contribution is 2.18. The summed E-state index contributed by atoms with van der Waals surface area (Å²) in [6.45, 7) is 5.72. The first-order valence-corrected chi connectivity index (χ1v) is 9.72. The lowest BCUT2D eigenvalue weighted by atomic mass is 10.1. The Hall–Kier alpha value is -1.09. The van der Waals surface area contributed by atoms with Crippen molar-refractivity contribution >= 4 is 39.9 Å². The van der Waals surface area contributed by atoms with Crippen LogP contribution in [0, 0.1) is 2.88 Å². The van der Waals surface area contributed by atoms with Gasteiger partial charge in [0.1, 0.15) is 5.76 Å². The zero-order valence-corrected chi connectivity index (χ0v) is 16.8. The molecule has 2 rings (SSSR count). The molecule has 0 atom stereocenters. The number of guanidine groups is 1. The third kappa shape index (κ3) is 5.20. The molecule has 5 nitrogen and oxygen atoms in total. The highest BCUT2D eigenvalue weighted by Gasteiger charge is 2.13. The molecular weight excluding hydrogens is 423 g/mol. The Morgan fingerprint density at radius 3 is 2.74 bits per heavy atom. The molecule has 0 saturated carbocycles. The molecule has 0 amide bonds. The predicted molar refractivity (Wildman–Crippen MR) is 104 cm³/mol. The van der Waals surface area contributed by atoms with Crippen LogP contribution < -0.4 is 10.6 Å². The first kappa shape index (κ1) is 18.3. The minimum absolute atomic E-state index is 0.687. The molecule has 0 bridgehead atoms. The molecule has 0 aliphatic heterocycles. The lowest BCUT2D eigenvalue weighted by Gasteiger charge is -2.11. The van der Waals surface area contributed by atoms with Gasteiger partial charge < -0.3 is 15.2 Å². The van der Waals surface area contributed by atoms with Crippen LogP contribution in [0.25, 0.3) is 0 Å². The Morgan fingerprint density at radius 1 is 1.30 bits per heavy atom. The van der Waals surface area contributed by atoms with E-state index in [2.05, 4.69) is 69.4 Å². The maximum atomic E-state index is 5.39. The van der Waals surface area contributed by atoms with Crippen LogP contribution in [0.1, 0.15) is 35.7 Å². The van der Waals surface area contributed by atoms with E-state index in [0.29, 0.717) is 6.54 Å². The average Bonchev–Trinajstić information content (AvgIpc) is 3.16. The van der Waals surface area contributed by atoms with E-state index in [1.165, 1.54) is 7.76 Å². The van der Waals surface area contributed by atoms with Gasteiger partial charge in [-0.05, 0) is 47.6 Å². The minimum Gasteiger partial charge on any atom is -0.361 e. The summed E-state index contributed by atoms with van der Waals surface area (Å²) in [6.07, 6.45) is 2.73. The number of thiophene rings is 1. The molecule has 0 radical (unpaired) electrons. The van der Waals surface area contributed by atoms with Gasteiger partial charge in [0.2, 0.25) is 0 Å². The van der Waals surface area contributed by atoms with E-state index in [1.54, 1.807) is 7.05 Å². The van der Waals surface area contributed by atoms with Crippen molar-refractivity contribution in [2.24, 2.45) is 4.99 Å². The van der Waals surface area contributed by atoms with E-state index in [9.17, 15) is 0 Å². The summed E-state index contributed by atoms with van der Waals surface area (Å²) in [5.74, 6) is 1.76. The largest absolute Gasteiger partial charge is 0.361 e. The van der Waals surface area contributed by atoms with Crippen molar-refractivity contribution in [1.82, 2.24) is 15.8 Å². The van der Waals surface area contributed by atoms with E-state index in [1.807, 2.05) is 11.3 Å². The number of hydrogen-bond acceptors (Lipinski definition) is 4. The minimum atomic E-state index is 0.687. The zero-order chi connectivity index (χ0) is 16.7. The number of aromatic nitrogens is 1. The van der Waals surface area contributed by atoms with Crippen LogP contribution in [0.5, 0.6) is 0 Å². The molecule has 0 aromatic carbocycles. The lowest BCUT2D eigenvalue weighted by molar-refractivity contribution is 0.380. The number of hydrogen-bond donors (Lipinski definition) is 2. The summed E-state index contributed by atoms with van der Waals surface area (Å²) in [5.41, 5.74) is 2.18. The van der Waals surface area contributed by atoms with E-state index in [4.69, 9.17) is 4.52 Å². The van der Waals surface area contributed by atoms with Gasteiger partial charge in [-0.25, -0.2) is 0 Å². The molecule has 0 aliphatic rings. The van der Waals surface area contributed by atoms with E-state index < -0.39 is 0 Å². The standard InChI is InChI=1S/C16H23IN4OS/c1-4-13-12(14(5-2)22-21-13)10-20-16(18-3)19-9-8-11-6-7-15(17)23-11/h6-7H,4-5,8-10H2,1-3H3,(H2,18,19,20). The Labute approximate surface area is 155 Å². The van der Waals surface area contributed by atoms with Gasteiger partial charge >= 0.3 is 0 Å². The SMILES string of the molecule is CCc1noc(CC)c1CNC(=NC)NCCc1ccc(I)s1. The molecule has 2 heterocycles. The highest BCUT2D eigenvalue weighted by molar-refractivity contribution is 14.1. The van der Waals surface area contributed by atoms with Crippen LogP contribution in [0.15, 0.2) is 21.6 Å². The average molecular weight is 446 g/mol. The normalized spacial score (nSPS) is 11.7. The fourth-order valence-corrected chi connectivity index (χ4v) is 4.08. The molecule has 126 valence electrons. The zero-order valence-electron chi connectivity index (χ0n) is 13.8. The van der Waals surface area contributed by atoms with Gasteiger partial charge in [-0.2, -0.15) is 0 Å². The number of aryl methyl sites for hydroxylation is 2. The van der Waals surface area contributed by atoms with Crippen molar-refractivity contribution in [3.05, 3.63) is 36.9 Å². The molecule has 0 aliphatic carbocycles. The van der Waals surface area contributed by atoms with Crippen molar-refractivity contribution in [2.45, 2.75) is 39.7 Å². The van der Waals surface area contributed by atoms with E-state index >= 15 is 0 Å². The predicted octanol–water partition coefficient (Wildman–Crippen LogP) is 3.37. The first-order chi connectivity index (χ1) is 11.2. The summed E-state index contributed by atoms with van der Waals surface area (Å²) in [6, 6.07) is 4.33. The number of aliphatic imine (C=N–C) groups is 1. The summed E-state index contributed by atoms with van der Waals surface area (Å²) >= 11 is 4.19. The number of rotatable bonds is 7. The lowest BCUT2D eigenvalue weighted by Crippen LogP contribution is -2.38. The van der Waals surface area contributed by atoms with Gasteiger partial charge in [-0.3, -0.25) is 4.99 Å². The van der Waals surface area contributed by atoms with E-state index in [-0.39, 0.29) is 0 Å². The summed E-state index contributed by atoms with van der Waals surface area (Å²) in [7, 11) is 1.79. The van der Waals surface area contributed by atoms with Crippen LogP contribution in [-0.4, -0.2) is 24.7 Å². The van der Waals surface area contributed by atoms with Crippen LogP contribution in [0.4, 0.5) is 0 Å². The molecule has 0 saturated heterocycles. The van der Waals surface area contributed by atoms with Gasteiger partial charge in [-0.1, -0.05) is 19.0 Å². The van der Waals surface area contributed by atoms with Crippen molar-refractivity contribution < 1.29 is 4.52 Å². The second-order valence-electron chi connectivity index (χ2n) is 5.05.